The van der Waals surface area contributed by atoms with Gasteiger partial charge in [-0.3, -0.25) is 0 Å². The summed E-state index contributed by atoms with van der Waals surface area (Å²) in [6.07, 6.45) is 0. The first-order valence-electron chi connectivity index (χ1n) is 2.59. The van der Waals surface area contributed by atoms with E-state index in [0.29, 0.717) is 0 Å². The van der Waals surface area contributed by atoms with Gasteiger partial charge >= 0.3 is 0 Å². The second-order valence-corrected chi connectivity index (χ2v) is 3.21. The zero-order valence-electron chi connectivity index (χ0n) is 5.32. The minimum absolute atomic E-state index is 0.0463. The zero-order valence-corrected chi connectivity index (χ0v) is 6.13. The average Bonchev–Trinajstić information content (AvgIpc) is 1.81. The third-order valence-corrected chi connectivity index (χ3v) is 1.35. The summed E-state index contributed by atoms with van der Waals surface area (Å²) >= 11 is 0. The third-order valence-electron chi connectivity index (χ3n) is 0.781. The van der Waals surface area contributed by atoms with Gasteiger partial charge in [0.1, 0.15) is 0 Å². The number of nitrogens with two attached hydrogens (primary N) is 2. The number of nitrogens with one attached hydrogen (secondary N) is 1. The van der Waals surface area contributed by atoms with Gasteiger partial charge in [-0.2, -0.15) is 8.42 Å². The fraction of sp³-hybridized carbons (Fsp3) is 1.00. The van der Waals surface area contributed by atoms with Gasteiger partial charge in [0.25, 0.3) is 10.2 Å². The number of aliphatic hydroxyl groups is 1. The molecule has 6 N–H and O–H groups in total. The Morgan fingerprint density at radius 2 is 2.10 bits per heavy atom. The van der Waals surface area contributed by atoms with Gasteiger partial charge in [-0.15, -0.1) is 0 Å². The summed E-state index contributed by atoms with van der Waals surface area (Å²) in [5, 5.41) is 12.9. The Balaban J connectivity index is 3.56. The van der Waals surface area contributed by atoms with E-state index in [1.807, 2.05) is 4.72 Å². The Kier molecular flexibility index (Phi) is 3.76. The quantitative estimate of drug-likeness (QED) is 0.361. The van der Waals surface area contributed by atoms with Crippen LogP contribution in [0.5, 0.6) is 0 Å². The van der Waals surface area contributed by atoms with E-state index in [-0.39, 0.29) is 13.2 Å². The van der Waals surface area contributed by atoms with Crippen molar-refractivity contribution < 1.29 is 13.5 Å². The molecule has 0 amide bonds. The summed E-state index contributed by atoms with van der Waals surface area (Å²) in [7, 11) is -3.67. The molecule has 1 atom stereocenters. The highest BCUT2D eigenvalue weighted by atomic mass is 32.2. The molecule has 0 heterocycles. The fourth-order valence-electron chi connectivity index (χ4n) is 0.288. The number of hydrogen-bond donors (Lipinski definition) is 4. The van der Waals surface area contributed by atoms with Crippen molar-refractivity contribution in [1.29, 1.82) is 0 Å². The second kappa shape index (κ2) is 3.84. The van der Waals surface area contributed by atoms with E-state index in [1.165, 1.54) is 0 Å². The number of rotatable bonds is 4. The van der Waals surface area contributed by atoms with E-state index < -0.39 is 16.3 Å². The van der Waals surface area contributed by atoms with Crippen LogP contribution in [0.25, 0.3) is 0 Å². The first-order valence-corrected chi connectivity index (χ1v) is 4.14. The molecule has 1 unspecified atom stereocenters. The first-order chi connectivity index (χ1) is 4.45. The summed E-state index contributed by atoms with van der Waals surface area (Å²) < 4.78 is 22.3. The molecular formula is C3H11N3O3S. The summed E-state index contributed by atoms with van der Waals surface area (Å²) in [6.45, 7) is -0.322. The fourth-order valence-corrected chi connectivity index (χ4v) is 0.734. The highest BCUT2D eigenvalue weighted by Gasteiger charge is 2.04. The molecule has 0 radical (unpaired) electrons. The lowest BCUT2D eigenvalue weighted by Crippen LogP contribution is -2.42. The Hall–Kier alpha value is -0.210. The van der Waals surface area contributed by atoms with Crippen molar-refractivity contribution in [3.8, 4) is 0 Å². The summed E-state index contributed by atoms with van der Waals surface area (Å²) in [5.41, 5.74) is 5.15. The summed E-state index contributed by atoms with van der Waals surface area (Å²) in [5.74, 6) is 0. The van der Waals surface area contributed by atoms with Gasteiger partial charge in [-0.25, -0.2) is 9.86 Å². The number of hydrogen-bond acceptors (Lipinski definition) is 4. The lowest BCUT2D eigenvalue weighted by molar-refractivity contribution is 0.266. The molecule has 0 aliphatic carbocycles. The Morgan fingerprint density at radius 3 is 2.40 bits per heavy atom. The molecule has 62 valence electrons. The largest absolute Gasteiger partial charge is 0.395 e. The van der Waals surface area contributed by atoms with Gasteiger partial charge < -0.3 is 10.8 Å². The van der Waals surface area contributed by atoms with Crippen LogP contribution >= 0.6 is 0 Å². The van der Waals surface area contributed by atoms with Gasteiger partial charge in [0, 0.05) is 12.6 Å². The van der Waals surface area contributed by atoms with Crippen molar-refractivity contribution in [2.45, 2.75) is 6.04 Å². The van der Waals surface area contributed by atoms with Crippen LogP contribution < -0.4 is 15.6 Å². The molecule has 0 aromatic heterocycles. The van der Waals surface area contributed by atoms with Crippen LogP contribution in [0.15, 0.2) is 0 Å². The van der Waals surface area contributed by atoms with E-state index >= 15 is 0 Å². The van der Waals surface area contributed by atoms with Crippen LogP contribution in [0.2, 0.25) is 0 Å². The topological polar surface area (TPSA) is 118 Å². The van der Waals surface area contributed by atoms with Crippen molar-refractivity contribution in [1.82, 2.24) is 4.72 Å². The molecule has 0 aliphatic heterocycles. The normalized spacial score (nSPS) is 15.1. The molecule has 0 aliphatic rings. The molecule has 7 heteroatoms. The Bertz CT molecular complexity index is 177. The van der Waals surface area contributed by atoms with Gasteiger partial charge in [0.2, 0.25) is 0 Å². The zero-order chi connectivity index (χ0) is 8.20. The van der Waals surface area contributed by atoms with Crippen molar-refractivity contribution in [2.75, 3.05) is 13.2 Å². The second-order valence-electron chi connectivity index (χ2n) is 1.84. The molecule has 0 rings (SSSR count). The molecule has 10 heavy (non-hydrogen) atoms. The third kappa shape index (κ3) is 5.92. The van der Waals surface area contributed by atoms with Crippen LogP contribution in [0, 0.1) is 0 Å². The smallest absolute Gasteiger partial charge is 0.274 e. The maximum absolute atomic E-state index is 10.2. The van der Waals surface area contributed by atoms with E-state index in [0.717, 1.165) is 0 Å². The highest BCUT2D eigenvalue weighted by Crippen LogP contribution is 1.73. The van der Waals surface area contributed by atoms with Crippen LogP contribution in [-0.4, -0.2) is 32.7 Å². The van der Waals surface area contributed by atoms with Gasteiger partial charge in [0.15, 0.2) is 0 Å². The monoisotopic (exact) mass is 169 g/mol. The van der Waals surface area contributed by atoms with E-state index in [9.17, 15) is 8.42 Å². The van der Waals surface area contributed by atoms with E-state index in [2.05, 4.69) is 5.14 Å². The summed E-state index contributed by atoms with van der Waals surface area (Å²) in [4.78, 5) is 0. The van der Waals surface area contributed by atoms with Gasteiger partial charge in [-0.1, -0.05) is 0 Å². The van der Waals surface area contributed by atoms with E-state index in [4.69, 9.17) is 10.8 Å². The Morgan fingerprint density at radius 1 is 1.60 bits per heavy atom. The molecule has 0 spiro atoms. The van der Waals surface area contributed by atoms with Crippen molar-refractivity contribution >= 4 is 10.2 Å². The minimum atomic E-state index is -3.67. The molecule has 0 bridgehead atoms. The van der Waals surface area contributed by atoms with E-state index in [1.54, 1.807) is 0 Å². The predicted molar refractivity (Wildman–Crippen MR) is 36.2 cm³/mol. The maximum Gasteiger partial charge on any atom is 0.274 e. The van der Waals surface area contributed by atoms with Crippen molar-refractivity contribution in [2.24, 2.45) is 10.9 Å². The Labute approximate surface area is 59.4 Å². The molecule has 0 saturated carbocycles. The first kappa shape index (κ1) is 9.79. The van der Waals surface area contributed by atoms with Crippen molar-refractivity contribution in [3.63, 3.8) is 0 Å². The van der Waals surface area contributed by atoms with Crippen LogP contribution in [0.3, 0.4) is 0 Å². The standard InChI is InChI=1S/C3H11N3O3S/c4-3(2-7)1-6-10(5,8)9/h3,6-7H,1-2,4H2,(H2,5,8,9). The minimum Gasteiger partial charge on any atom is -0.395 e. The van der Waals surface area contributed by atoms with Gasteiger partial charge in [-0.05, 0) is 0 Å². The average molecular weight is 169 g/mol. The maximum atomic E-state index is 10.2. The molecule has 0 fully saturated rings. The SMILES string of the molecule is NC(CO)CNS(N)(=O)=O. The summed E-state index contributed by atoms with van der Waals surface area (Å²) in [6, 6.07) is -0.599. The van der Waals surface area contributed by atoms with Crippen LogP contribution in [0.1, 0.15) is 0 Å². The molecule has 6 nitrogen and oxygen atoms in total. The molecule has 0 aromatic rings. The highest BCUT2D eigenvalue weighted by molar-refractivity contribution is 7.87. The van der Waals surface area contributed by atoms with Gasteiger partial charge in [0.05, 0.1) is 6.61 Å². The lowest BCUT2D eigenvalue weighted by atomic mass is 10.3. The molecule has 0 saturated heterocycles. The predicted octanol–water partition coefficient (Wildman–Crippen LogP) is -2.90. The lowest BCUT2D eigenvalue weighted by Gasteiger charge is -2.06. The number of aliphatic hydroxyl groups excluding tert-OH is 1. The van der Waals surface area contributed by atoms with Crippen LogP contribution in [0.4, 0.5) is 0 Å². The molecular weight excluding hydrogens is 158 g/mol. The molecule has 0 aromatic carbocycles. The van der Waals surface area contributed by atoms with Crippen molar-refractivity contribution in [3.05, 3.63) is 0 Å². The van der Waals surface area contributed by atoms with Crippen LogP contribution in [-0.2, 0) is 10.2 Å².